The van der Waals surface area contributed by atoms with Gasteiger partial charge in [0.05, 0.1) is 0 Å². The topological polar surface area (TPSA) is 97.0 Å². The highest BCUT2D eigenvalue weighted by molar-refractivity contribution is 6.02. The van der Waals surface area contributed by atoms with E-state index in [4.69, 9.17) is 9.15 Å². The molecule has 1 aromatic heterocycles. The molecule has 0 radical (unpaired) electrons. The molecular weight excluding hydrogens is 252 g/mol. The number of cyclic esters (lactones) is 1. The van der Waals surface area contributed by atoms with Crippen LogP contribution in [0.15, 0.2) is 21.3 Å². The van der Waals surface area contributed by atoms with Crippen molar-refractivity contribution in [1.29, 1.82) is 0 Å². The van der Waals surface area contributed by atoms with Crippen molar-refractivity contribution >= 4 is 16.9 Å². The zero-order valence-electron chi connectivity index (χ0n) is 9.97. The number of hydrogen-bond donors (Lipinski definition) is 2. The summed E-state index contributed by atoms with van der Waals surface area (Å²) in [7, 11) is 0. The number of rotatable bonds is 0. The van der Waals surface area contributed by atoms with Gasteiger partial charge in [0, 0.05) is 11.6 Å². The molecule has 19 heavy (non-hydrogen) atoms. The van der Waals surface area contributed by atoms with E-state index in [2.05, 4.69) is 0 Å². The van der Waals surface area contributed by atoms with Crippen molar-refractivity contribution in [2.24, 2.45) is 0 Å². The van der Waals surface area contributed by atoms with Crippen LogP contribution in [0.1, 0.15) is 27.8 Å². The molecule has 6 heteroatoms. The van der Waals surface area contributed by atoms with Crippen LogP contribution in [-0.4, -0.2) is 22.8 Å². The molecule has 1 aliphatic rings. The van der Waals surface area contributed by atoms with Crippen molar-refractivity contribution in [2.45, 2.75) is 13.0 Å². The SMILES string of the molecule is Cc1cc(=O)c2c(O)c3c(cc2o1)[C@@H](O)COC3=O. The first-order valence-electron chi connectivity index (χ1n) is 5.64. The fourth-order valence-electron chi connectivity index (χ4n) is 2.24. The molecule has 0 fully saturated rings. The lowest BCUT2D eigenvalue weighted by molar-refractivity contribution is 0.0163. The third-order valence-electron chi connectivity index (χ3n) is 3.08. The van der Waals surface area contributed by atoms with E-state index in [1.807, 2.05) is 0 Å². The quantitative estimate of drug-likeness (QED) is 0.688. The Hall–Kier alpha value is -2.34. The van der Waals surface area contributed by atoms with E-state index in [9.17, 15) is 19.8 Å². The normalized spacial score (nSPS) is 18.2. The number of aliphatic hydroxyl groups is 1. The van der Waals surface area contributed by atoms with Gasteiger partial charge >= 0.3 is 5.97 Å². The molecule has 1 aliphatic heterocycles. The zero-order valence-corrected chi connectivity index (χ0v) is 9.97. The number of aromatic hydroxyl groups is 1. The molecule has 98 valence electrons. The van der Waals surface area contributed by atoms with Crippen molar-refractivity contribution in [3.8, 4) is 5.75 Å². The Bertz CT molecular complexity index is 758. The Labute approximate surface area is 106 Å². The minimum Gasteiger partial charge on any atom is -0.506 e. The van der Waals surface area contributed by atoms with Gasteiger partial charge < -0.3 is 19.4 Å². The van der Waals surface area contributed by atoms with Crippen molar-refractivity contribution < 1.29 is 24.2 Å². The Morgan fingerprint density at radius 3 is 2.79 bits per heavy atom. The van der Waals surface area contributed by atoms with Gasteiger partial charge in [0.15, 0.2) is 5.43 Å². The van der Waals surface area contributed by atoms with Crippen LogP contribution in [0.3, 0.4) is 0 Å². The fourth-order valence-corrected chi connectivity index (χ4v) is 2.24. The maximum absolute atomic E-state index is 11.9. The number of carbonyl (C=O) groups excluding carboxylic acids is 1. The lowest BCUT2D eigenvalue weighted by atomic mass is 9.97. The number of hydrogen-bond acceptors (Lipinski definition) is 6. The lowest BCUT2D eigenvalue weighted by Crippen LogP contribution is -2.23. The highest BCUT2D eigenvalue weighted by atomic mass is 16.5. The third-order valence-corrected chi connectivity index (χ3v) is 3.08. The van der Waals surface area contributed by atoms with Crippen molar-refractivity contribution in [3.05, 3.63) is 39.2 Å². The average molecular weight is 262 g/mol. The number of carbonyl (C=O) groups is 1. The van der Waals surface area contributed by atoms with Crippen LogP contribution in [-0.2, 0) is 4.74 Å². The summed E-state index contributed by atoms with van der Waals surface area (Å²) in [4.78, 5) is 23.5. The van der Waals surface area contributed by atoms with Gasteiger partial charge in [0.1, 0.15) is 40.8 Å². The van der Waals surface area contributed by atoms with Crippen LogP contribution in [0.4, 0.5) is 0 Å². The van der Waals surface area contributed by atoms with Crippen LogP contribution in [0.25, 0.3) is 11.0 Å². The second kappa shape index (κ2) is 3.83. The summed E-state index contributed by atoms with van der Waals surface area (Å²) < 4.78 is 10.1. The minimum absolute atomic E-state index is 0.0876. The van der Waals surface area contributed by atoms with Gasteiger partial charge in [-0.05, 0) is 13.0 Å². The van der Waals surface area contributed by atoms with Crippen LogP contribution in [0.2, 0.25) is 0 Å². The summed E-state index contributed by atoms with van der Waals surface area (Å²) in [6.45, 7) is 1.41. The Balaban J connectivity index is 2.49. The number of ether oxygens (including phenoxy) is 1. The van der Waals surface area contributed by atoms with Gasteiger partial charge in [0.2, 0.25) is 0 Å². The van der Waals surface area contributed by atoms with E-state index >= 15 is 0 Å². The summed E-state index contributed by atoms with van der Waals surface area (Å²) in [6.07, 6.45) is -1.05. The number of aliphatic hydroxyl groups excluding tert-OH is 1. The predicted octanol–water partition coefficient (Wildman–Crippen LogP) is 1.01. The number of phenolic OH excluding ortho intramolecular Hbond substituents is 1. The van der Waals surface area contributed by atoms with Crippen LogP contribution < -0.4 is 5.43 Å². The summed E-state index contributed by atoms with van der Waals surface area (Å²) in [5.74, 6) is -0.894. The summed E-state index contributed by atoms with van der Waals surface area (Å²) in [5.41, 5.74) is -0.292. The molecule has 0 aliphatic carbocycles. The highest BCUT2D eigenvalue weighted by Crippen LogP contribution is 2.36. The third kappa shape index (κ3) is 1.61. The van der Waals surface area contributed by atoms with Crippen LogP contribution in [0.5, 0.6) is 5.75 Å². The Morgan fingerprint density at radius 2 is 2.05 bits per heavy atom. The van der Waals surface area contributed by atoms with Crippen molar-refractivity contribution in [1.82, 2.24) is 0 Å². The summed E-state index contributed by atoms with van der Waals surface area (Å²) in [5, 5.41) is 19.8. The van der Waals surface area contributed by atoms with Gasteiger partial charge in [-0.15, -0.1) is 0 Å². The molecule has 0 amide bonds. The van der Waals surface area contributed by atoms with E-state index in [1.165, 1.54) is 12.1 Å². The van der Waals surface area contributed by atoms with E-state index in [1.54, 1.807) is 6.92 Å². The molecule has 0 unspecified atom stereocenters. The van der Waals surface area contributed by atoms with Crippen LogP contribution >= 0.6 is 0 Å². The molecule has 0 saturated heterocycles. The molecule has 0 bridgehead atoms. The van der Waals surface area contributed by atoms with Crippen molar-refractivity contribution in [3.63, 3.8) is 0 Å². The van der Waals surface area contributed by atoms with Gasteiger partial charge in [-0.25, -0.2) is 4.79 Å². The summed E-state index contributed by atoms with van der Waals surface area (Å²) >= 11 is 0. The monoisotopic (exact) mass is 262 g/mol. The van der Waals surface area contributed by atoms with E-state index in [-0.39, 0.29) is 28.7 Å². The molecule has 1 aromatic carbocycles. The van der Waals surface area contributed by atoms with E-state index in [0.29, 0.717) is 5.76 Å². The number of benzene rings is 1. The summed E-state index contributed by atoms with van der Waals surface area (Å²) in [6, 6.07) is 2.61. The van der Waals surface area contributed by atoms with Gasteiger partial charge in [-0.1, -0.05) is 0 Å². The molecule has 2 aromatic rings. The highest BCUT2D eigenvalue weighted by Gasteiger charge is 2.31. The molecule has 0 saturated carbocycles. The van der Waals surface area contributed by atoms with Crippen molar-refractivity contribution in [2.75, 3.05) is 6.61 Å². The first kappa shape index (κ1) is 11.7. The number of phenols is 1. The van der Waals surface area contributed by atoms with Crippen LogP contribution in [0, 0.1) is 6.92 Å². The standard InChI is InChI=1S/C13H10O6/c1-5-2-7(14)11-9(19-5)3-6-8(15)4-18-13(17)10(6)12(11)16/h2-3,8,15-16H,4H2,1H3/t8-/m0/s1. The van der Waals surface area contributed by atoms with Gasteiger partial charge in [0.25, 0.3) is 0 Å². The molecule has 2 N–H and O–H groups in total. The first-order chi connectivity index (χ1) is 8.99. The fraction of sp³-hybridized carbons (Fsp3) is 0.231. The Kier molecular flexibility index (Phi) is 2.36. The average Bonchev–Trinajstić information content (AvgIpc) is 2.32. The van der Waals surface area contributed by atoms with Gasteiger partial charge in [-0.2, -0.15) is 0 Å². The molecule has 3 rings (SSSR count). The molecule has 0 spiro atoms. The Morgan fingerprint density at radius 1 is 1.32 bits per heavy atom. The first-order valence-corrected chi connectivity index (χ1v) is 5.64. The molecular formula is C13H10O6. The number of esters is 1. The molecule has 1 atom stereocenters. The predicted molar refractivity (Wildman–Crippen MR) is 64.1 cm³/mol. The van der Waals surface area contributed by atoms with Gasteiger partial charge in [-0.3, -0.25) is 4.79 Å². The molecule has 2 heterocycles. The lowest BCUT2D eigenvalue weighted by Gasteiger charge is -2.22. The maximum Gasteiger partial charge on any atom is 0.342 e. The second-order valence-electron chi connectivity index (χ2n) is 4.40. The number of fused-ring (bicyclic) bond motifs is 2. The zero-order chi connectivity index (χ0) is 13.7. The minimum atomic E-state index is -1.05. The smallest absolute Gasteiger partial charge is 0.342 e. The number of aryl methyl sites for hydroxylation is 1. The van der Waals surface area contributed by atoms with E-state index < -0.39 is 23.3 Å². The second-order valence-corrected chi connectivity index (χ2v) is 4.40. The maximum atomic E-state index is 11.9. The molecule has 6 nitrogen and oxygen atoms in total. The largest absolute Gasteiger partial charge is 0.506 e. The van der Waals surface area contributed by atoms with E-state index in [0.717, 1.165) is 0 Å².